The van der Waals surface area contributed by atoms with E-state index in [9.17, 15) is 9.59 Å². The lowest BCUT2D eigenvalue weighted by atomic mass is 9.49. The molecule has 2 heterocycles. The van der Waals surface area contributed by atoms with Gasteiger partial charge >= 0.3 is 0 Å². The second kappa shape index (κ2) is 6.38. The molecule has 0 aromatic rings. The van der Waals surface area contributed by atoms with E-state index in [0.717, 1.165) is 62.3 Å². The summed E-state index contributed by atoms with van der Waals surface area (Å²) < 4.78 is 6.02. The number of carbonyl (C=O) groups is 2. The van der Waals surface area contributed by atoms with E-state index < -0.39 is 0 Å². The number of likely N-dealkylation sites (N-methyl/N-ethyl adjacent to an activating group) is 1. The third-order valence-corrected chi connectivity index (χ3v) is 9.43. The zero-order valence-electron chi connectivity index (χ0n) is 16.6. The van der Waals surface area contributed by atoms with Crippen molar-refractivity contribution in [2.75, 3.05) is 39.5 Å². The topological polar surface area (TPSA) is 49.9 Å². The van der Waals surface area contributed by atoms with Crippen molar-refractivity contribution in [3.63, 3.8) is 0 Å². The molecule has 0 aromatic heterocycles. The van der Waals surface area contributed by atoms with E-state index in [1.807, 2.05) is 11.8 Å². The van der Waals surface area contributed by atoms with Crippen molar-refractivity contribution in [3.05, 3.63) is 0 Å². The number of amides is 2. The highest BCUT2D eigenvalue weighted by molar-refractivity contribution is 8.01. The largest absolute Gasteiger partial charge is 0.367 e. The molecule has 1 spiro atoms. The van der Waals surface area contributed by atoms with Crippen molar-refractivity contribution < 1.29 is 14.3 Å². The Morgan fingerprint density at radius 3 is 2.19 bits per heavy atom. The van der Waals surface area contributed by atoms with Crippen molar-refractivity contribution in [1.29, 1.82) is 0 Å². The molecule has 27 heavy (non-hydrogen) atoms. The summed E-state index contributed by atoms with van der Waals surface area (Å²) in [5, 5.41) is 0. The Balaban J connectivity index is 1.16. The van der Waals surface area contributed by atoms with E-state index in [2.05, 4.69) is 4.90 Å². The third kappa shape index (κ3) is 3.11. The van der Waals surface area contributed by atoms with Crippen molar-refractivity contribution >= 4 is 23.6 Å². The Bertz CT molecular complexity index is 608. The maximum atomic E-state index is 13.4. The van der Waals surface area contributed by atoms with Crippen LogP contribution in [0, 0.1) is 23.2 Å². The molecule has 2 saturated heterocycles. The van der Waals surface area contributed by atoms with Crippen molar-refractivity contribution in [3.8, 4) is 0 Å². The Kier molecular flexibility index (Phi) is 4.32. The molecule has 0 unspecified atom stereocenters. The average molecular weight is 393 g/mol. The number of ether oxygens (including phenoxy) is 1. The molecule has 1 atom stereocenters. The van der Waals surface area contributed by atoms with Crippen LogP contribution in [0.1, 0.15) is 44.9 Å². The molecular weight excluding hydrogens is 360 g/mol. The van der Waals surface area contributed by atoms with Crippen molar-refractivity contribution in [2.24, 2.45) is 23.2 Å². The third-order valence-electron chi connectivity index (χ3n) is 7.85. The lowest BCUT2D eigenvalue weighted by Crippen LogP contribution is -2.65. The van der Waals surface area contributed by atoms with Crippen LogP contribution in [0.2, 0.25) is 0 Å². The highest BCUT2D eigenvalue weighted by Crippen LogP contribution is 2.61. The van der Waals surface area contributed by atoms with Crippen LogP contribution in [0.25, 0.3) is 0 Å². The molecule has 4 aliphatic carbocycles. The minimum Gasteiger partial charge on any atom is -0.367 e. The molecular formula is C21H32N2O3S. The van der Waals surface area contributed by atoms with Crippen LogP contribution in [-0.2, 0) is 14.3 Å². The van der Waals surface area contributed by atoms with Crippen molar-refractivity contribution in [1.82, 2.24) is 9.80 Å². The summed E-state index contributed by atoms with van der Waals surface area (Å²) in [6.07, 6.45) is 8.76. The minimum absolute atomic E-state index is 0.00629. The first-order chi connectivity index (χ1) is 12.9. The molecule has 0 aromatic carbocycles. The van der Waals surface area contributed by atoms with Crippen LogP contribution < -0.4 is 0 Å². The Labute approximate surface area is 166 Å². The summed E-state index contributed by atoms with van der Waals surface area (Å²) in [4.78, 5) is 28.9. The highest BCUT2D eigenvalue weighted by atomic mass is 32.2. The van der Waals surface area contributed by atoms with Crippen LogP contribution in [0.5, 0.6) is 0 Å². The SMILES string of the molecule is CN(C)C(=O)CO[C@@H]1CSC2(C1)CN(C(=O)C13CC4CC(CC(C4)C1)C3)C2. The number of thioether (sulfide) groups is 1. The fourth-order valence-electron chi connectivity index (χ4n) is 6.95. The number of nitrogens with zero attached hydrogens (tertiary/aromatic N) is 2. The standard InChI is InChI=1S/C21H32N2O3S/c1-22(2)18(24)10-26-17-9-21(27-11-17)12-23(13-21)19(25)20-6-14-3-15(7-20)5-16(4-14)8-20/h14-17H,3-13H2,1-2H3/t14?,15?,16?,17-,20?/m0/s1. The average Bonchev–Trinajstić information content (AvgIpc) is 3.01. The first-order valence-electron chi connectivity index (χ1n) is 10.6. The molecule has 5 nitrogen and oxygen atoms in total. The first kappa shape index (κ1) is 18.3. The summed E-state index contributed by atoms with van der Waals surface area (Å²) in [6, 6.07) is 0. The number of hydrogen-bond donors (Lipinski definition) is 0. The van der Waals surface area contributed by atoms with Gasteiger partial charge < -0.3 is 14.5 Å². The molecule has 0 radical (unpaired) electrons. The van der Waals surface area contributed by atoms with Gasteiger partial charge in [0, 0.05) is 32.9 Å². The van der Waals surface area contributed by atoms with Crippen LogP contribution in [0.4, 0.5) is 0 Å². The van der Waals surface area contributed by atoms with Gasteiger partial charge in [-0.1, -0.05) is 0 Å². The van der Waals surface area contributed by atoms with Gasteiger partial charge in [0.05, 0.1) is 16.3 Å². The number of hydrogen-bond acceptors (Lipinski definition) is 4. The molecule has 150 valence electrons. The summed E-state index contributed by atoms with van der Waals surface area (Å²) in [5.74, 6) is 3.91. The molecule has 0 N–H and O–H groups in total. The first-order valence-corrected chi connectivity index (χ1v) is 11.6. The van der Waals surface area contributed by atoms with Crippen LogP contribution >= 0.6 is 11.8 Å². The maximum absolute atomic E-state index is 13.4. The molecule has 2 aliphatic heterocycles. The van der Waals surface area contributed by atoms with E-state index in [4.69, 9.17) is 4.74 Å². The monoisotopic (exact) mass is 392 g/mol. The fraction of sp³-hybridized carbons (Fsp3) is 0.905. The van der Waals surface area contributed by atoms with Crippen LogP contribution in [0.15, 0.2) is 0 Å². The highest BCUT2D eigenvalue weighted by Gasteiger charge is 2.59. The van der Waals surface area contributed by atoms with Gasteiger partial charge in [-0.2, -0.15) is 0 Å². The van der Waals surface area contributed by atoms with Gasteiger partial charge in [0.15, 0.2) is 0 Å². The van der Waals surface area contributed by atoms with E-state index in [-0.39, 0.29) is 28.8 Å². The van der Waals surface area contributed by atoms with Gasteiger partial charge in [0.25, 0.3) is 0 Å². The maximum Gasteiger partial charge on any atom is 0.248 e. The zero-order valence-corrected chi connectivity index (χ0v) is 17.4. The van der Waals surface area contributed by atoms with Gasteiger partial charge in [-0.15, -0.1) is 11.8 Å². The second-order valence-corrected chi connectivity index (χ2v) is 11.8. The van der Waals surface area contributed by atoms with Gasteiger partial charge in [0.1, 0.15) is 6.61 Å². The Hall–Kier alpha value is -0.750. The van der Waals surface area contributed by atoms with E-state index in [1.165, 1.54) is 19.3 Å². The van der Waals surface area contributed by atoms with E-state index in [0.29, 0.717) is 5.91 Å². The molecule has 4 saturated carbocycles. The molecule has 6 heteroatoms. The van der Waals surface area contributed by atoms with Gasteiger partial charge in [-0.05, 0) is 62.7 Å². The van der Waals surface area contributed by atoms with Gasteiger partial charge in [0.2, 0.25) is 11.8 Å². The molecule has 2 amide bonds. The van der Waals surface area contributed by atoms with Crippen molar-refractivity contribution in [2.45, 2.75) is 55.8 Å². The summed E-state index contributed by atoms with van der Waals surface area (Å²) in [7, 11) is 3.52. The quantitative estimate of drug-likeness (QED) is 0.737. The van der Waals surface area contributed by atoms with Gasteiger partial charge in [-0.3, -0.25) is 9.59 Å². The van der Waals surface area contributed by atoms with E-state index in [1.54, 1.807) is 19.0 Å². The fourth-order valence-corrected chi connectivity index (χ4v) is 8.50. The predicted molar refractivity (Wildman–Crippen MR) is 105 cm³/mol. The Morgan fingerprint density at radius 2 is 1.63 bits per heavy atom. The molecule has 6 fully saturated rings. The lowest BCUT2D eigenvalue weighted by Gasteiger charge is -2.59. The number of carbonyl (C=O) groups excluding carboxylic acids is 2. The number of rotatable bonds is 4. The molecule has 4 bridgehead atoms. The second-order valence-electron chi connectivity index (χ2n) is 10.3. The van der Waals surface area contributed by atoms with Gasteiger partial charge in [-0.25, -0.2) is 0 Å². The predicted octanol–water partition coefficient (Wildman–Crippen LogP) is 2.39. The summed E-state index contributed by atoms with van der Waals surface area (Å²) >= 11 is 1.95. The van der Waals surface area contributed by atoms with Crippen LogP contribution in [-0.4, -0.2) is 72.0 Å². The lowest BCUT2D eigenvalue weighted by molar-refractivity contribution is -0.163. The van der Waals surface area contributed by atoms with E-state index >= 15 is 0 Å². The minimum atomic E-state index is -0.00629. The summed E-state index contributed by atoms with van der Waals surface area (Å²) in [5.41, 5.74) is -0.00629. The molecule has 6 rings (SSSR count). The number of likely N-dealkylation sites (tertiary alicyclic amines) is 1. The Morgan fingerprint density at radius 1 is 1.04 bits per heavy atom. The summed E-state index contributed by atoms with van der Waals surface area (Å²) in [6.45, 7) is 1.95. The smallest absolute Gasteiger partial charge is 0.248 e. The zero-order chi connectivity index (χ0) is 18.8. The van der Waals surface area contributed by atoms with Crippen LogP contribution in [0.3, 0.4) is 0 Å². The normalized spacial score (nSPS) is 41.0. The molecule has 6 aliphatic rings.